The van der Waals surface area contributed by atoms with Gasteiger partial charge in [-0.05, 0) is 55.3 Å². The van der Waals surface area contributed by atoms with Crippen molar-refractivity contribution < 1.29 is 8.78 Å². The third-order valence-corrected chi connectivity index (χ3v) is 3.86. The van der Waals surface area contributed by atoms with Gasteiger partial charge in [0.15, 0.2) is 0 Å². The number of hydrogen-bond donors (Lipinski definition) is 1. The highest BCUT2D eigenvalue weighted by atomic mass is 35.5. The molecule has 1 N–H and O–H groups in total. The van der Waals surface area contributed by atoms with Crippen LogP contribution in [0.4, 0.5) is 8.78 Å². The Kier molecular flexibility index (Phi) is 5.32. The molecule has 2 rings (SSSR count). The number of aryl methyl sites for hydroxylation is 1. The molecule has 0 heterocycles. The summed E-state index contributed by atoms with van der Waals surface area (Å²) in [5, 5.41) is 3.66. The molecular weight excluding hydrogens is 292 g/mol. The number of benzene rings is 2. The molecule has 0 spiro atoms. The number of rotatable bonds is 5. The van der Waals surface area contributed by atoms with Crippen molar-refractivity contribution in [3.05, 3.63) is 69.7 Å². The molecule has 0 saturated carbocycles. The van der Waals surface area contributed by atoms with E-state index in [0.29, 0.717) is 23.6 Å². The van der Waals surface area contributed by atoms with Crippen LogP contribution in [-0.4, -0.2) is 6.54 Å². The summed E-state index contributed by atoms with van der Waals surface area (Å²) >= 11 is 6.15. The normalized spacial score (nSPS) is 12.4. The number of hydrogen-bond acceptors (Lipinski definition) is 1. The van der Waals surface area contributed by atoms with Crippen LogP contribution in [0.15, 0.2) is 36.4 Å². The van der Waals surface area contributed by atoms with E-state index in [9.17, 15) is 8.78 Å². The smallest absolute Gasteiger partial charge is 0.129 e. The molecule has 2 aromatic rings. The first-order chi connectivity index (χ1) is 10.0. The minimum absolute atomic E-state index is 0.243. The Balaban J connectivity index is 2.35. The topological polar surface area (TPSA) is 12.0 Å². The largest absolute Gasteiger partial charge is 0.310 e. The summed E-state index contributed by atoms with van der Waals surface area (Å²) in [5.74, 6) is -0.589. The Labute approximate surface area is 128 Å². The lowest BCUT2D eigenvalue weighted by Crippen LogP contribution is -2.24. The third kappa shape index (κ3) is 3.80. The van der Waals surface area contributed by atoms with Crippen LogP contribution in [0.3, 0.4) is 0 Å². The van der Waals surface area contributed by atoms with Crippen LogP contribution in [-0.2, 0) is 6.42 Å². The van der Waals surface area contributed by atoms with Gasteiger partial charge in [-0.3, -0.25) is 0 Å². The molecule has 112 valence electrons. The molecule has 0 aliphatic heterocycles. The second-order valence-corrected chi connectivity index (χ2v) is 5.43. The zero-order valence-electron chi connectivity index (χ0n) is 12.1. The molecule has 21 heavy (non-hydrogen) atoms. The predicted octanol–water partition coefficient (Wildman–Crippen LogP) is 4.82. The van der Waals surface area contributed by atoms with Gasteiger partial charge in [-0.15, -0.1) is 0 Å². The van der Waals surface area contributed by atoms with Gasteiger partial charge >= 0.3 is 0 Å². The van der Waals surface area contributed by atoms with Gasteiger partial charge in [-0.25, -0.2) is 8.78 Å². The fourth-order valence-electron chi connectivity index (χ4n) is 2.47. The Morgan fingerprint density at radius 3 is 2.57 bits per heavy atom. The third-order valence-electron chi connectivity index (χ3n) is 3.53. The van der Waals surface area contributed by atoms with E-state index in [-0.39, 0.29) is 17.7 Å². The van der Waals surface area contributed by atoms with Crippen molar-refractivity contribution in [2.24, 2.45) is 0 Å². The SMILES string of the molecule is CCNC(Cc1ccc(F)cc1C)c1c(F)cccc1Cl. The molecule has 0 radical (unpaired) electrons. The molecule has 1 unspecified atom stereocenters. The summed E-state index contributed by atoms with van der Waals surface area (Å²) in [6.07, 6.45) is 0.556. The van der Waals surface area contributed by atoms with E-state index in [4.69, 9.17) is 11.6 Å². The van der Waals surface area contributed by atoms with Crippen LogP contribution >= 0.6 is 11.6 Å². The minimum Gasteiger partial charge on any atom is -0.310 e. The Bertz CT molecular complexity index is 608. The van der Waals surface area contributed by atoms with Crippen molar-refractivity contribution in [1.82, 2.24) is 5.32 Å². The fraction of sp³-hybridized carbons (Fsp3) is 0.294. The van der Waals surface area contributed by atoms with Crippen molar-refractivity contribution in [2.75, 3.05) is 6.54 Å². The lowest BCUT2D eigenvalue weighted by Gasteiger charge is -2.21. The Morgan fingerprint density at radius 1 is 1.19 bits per heavy atom. The maximum atomic E-state index is 14.1. The zero-order valence-corrected chi connectivity index (χ0v) is 12.8. The summed E-state index contributed by atoms with van der Waals surface area (Å²) < 4.78 is 27.3. The maximum absolute atomic E-state index is 14.1. The lowest BCUT2D eigenvalue weighted by atomic mass is 9.95. The van der Waals surface area contributed by atoms with E-state index >= 15 is 0 Å². The van der Waals surface area contributed by atoms with Gasteiger partial charge in [0, 0.05) is 16.6 Å². The monoisotopic (exact) mass is 309 g/mol. The van der Waals surface area contributed by atoms with Gasteiger partial charge in [0.1, 0.15) is 11.6 Å². The van der Waals surface area contributed by atoms with Crippen molar-refractivity contribution >= 4 is 11.6 Å². The van der Waals surface area contributed by atoms with E-state index < -0.39 is 0 Å². The average molecular weight is 310 g/mol. The van der Waals surface area contributed by atoms with Gasteiger partial charge in [0.25, 0.3) is 0 Å². The Hall–Kier alpha value is -1.45. The van der Waals surface area contributed by atoms with Gasteiger partial charge in [-0.2, -0.15) is 0 Å². The molecule has 0 aromatic heterocycles. The van der Waals surface area contributed by atoms with Gasteiger partial charge in [-0.1, -0.05) is 30.7 Å². The van der Waals surface area contributed by atoms with E-state index in [1.807, 2.05) is 13.8 Å². The van der Waals surface area contributed by atoms with Crippen molar-refractivity contribution in [1.29, 1.82) is 0 Å². The highest BCUT2D eigenvalue weighted by Crippen LogP contribution is 2.29. The quantitative estimate of drug-likeness (QED) is 0.835. The van der Waals surface area contributed by atoms with Crippen molar-refractivity contribution in [2.45, 2.75) is 26.3 Å². The maximum Gasteiger partial charge on any atom is 0.129 e. The van der Waals surface area contributed by atoms with E-state index in [2.05, 4.69) is 5.32 Å². The molecule has 4 heteroatoms. The zero-order chi connectivity index (χ0) is 15.4. The molecule has 1 atom stereocenters. The highest BCUT2D eigenvalue weighted by molar-refractivity contribution is 6.31. The molecule has 0 bridgehead atoms. The molecule has 1 nitrogen and oxygen atoms in total. The van der Waals surface area contributed by atoms with Gasteiger partial charge in [0.05, 0.1) is 0 Å². The van der Waals surface area contributed by atoms with Crippen LogP contribution in [0.2, 0.25) is 5.02 Å². The Morgan fingerprint density at radius 2 is 1.95 bits per heavy atom. The van der Waals surface area contributed by atoms with E-state index in [0.717, 1.165) is 11.1 Å². The average Bonchev–Trinajstić information content (AvgIpc) is 2.41. The second-order valence-electron chi connectivity index (χ2n) is 5.02. The summed E-state index contributed by atoms with van der Waals surface area (Å²) in [7, 11) is 0. The molecule has 0 saturated heterocycles. The van der Waals surface area contributed by atoms with Crippen LogP contribution in [0, 0.1) is 18.6 Å². The summed E-state index contributed by atoms with van der Waals surface area (Å²) in [6, 6.07) is 9.09. The molecule has 0 amide bonds. The van der Waals surface area contributed by atoms with Gasteiger partial charge in [0.2, 0.25) is 0 Å². The van der Waals surface area contributed by atoms with Crippen LogP contribution in [0.25, 0.3) is 0 Å². The van der Waals surface area contributed by atoms with Gasteiger partial charge < -0.3 is 5.32 Å². The molecule has 0 aliphatic carbocycles. The van der Waals surface area contributed by atoms with Crippen LogP contribution < -0.4 is 5.32 Å². The minimum atomic E-state index is -0.326. The number of likely N-dealkylation sites (N-methyl/N-ethyl adjacent to an activating group) is 1. The summed E-state index contributed by atoms with van der Waals surface area (Å²) in [6.45, 7) is 4.50. The van der Waals surface area contributed by atoms with Crippen LogP contribution in [0.1, 0.15) is 29.7 Å². The predicted molar refractivity (Wildman–Crippen MR) is 82.7 cm³/mol. The first-order valence-electron chi connectivity index (χ1n) is 6.95. The summed E-state index contributed by atoms with van der Waals surface area (Å²) in [5.41, 5.74) is 2.29. The standard InChI is InChI=1S/C17H18ClF2N/c1-3-21-16(17-14(18)5-4-6-15(17)20)10-12-7-8-13(19)9-11(12)2/h4-9,16,21H,3,10H2,1-2H3. The lowest BCUT2D eigenvalue weighted by molar-refractivity contribution is 0.509. The molecular formula is C17H18ClF2N. The molecule has 0 aliphatic rings. The van der Waals surface area contributed by atoms with E-state index in [1.165, 1.54) is 18.2 Å². The molecule has 2 aromatic carbocycles. The second kappa shape index (κ2) is 7.01. The van der Waals surface area contributed by atoms with Crippen molar-refractivity contribution in [3.8, 4) is 0 Å². The first kappa shape index (κ1) is 15.9. The number of nitrogens with one attached hydrogen (secondary N) is 1. The molecule has 0 fully saturated rings. The fourth-order valence-corrected chi connectivity index (χ4v) is 2.77. The van der Waals surface area contributed by atoms with Crippen molar-refractivity contribution in [3.63, 3.8) is 0 Å². The first-order valence-corrected chi connectivity index (χ1v) is 7.33. The van der Waals surface area contributed by atoms with Crippen LogP contribution in [0.5, 0.6) is 0 Å². The number of halogens is 3. The highest BCUT2D eigenvalue weighted by Gasteiger charge is 2.19. The summed E-state index contributed by atoms with van der Waals surface area (Å²) in [4.78, 5) is 0. The van der Waals surface area contributed by atoms with E-state index in [1.54, 1.807) is 18.2 Å².